The highest BCUT2D eigenvalue weighted by Crippen LogP contribution is 2.23. The number of nitriles is 2. The van der Waals surface area contributed by atoms with Gasteiger partial charge in [-0.15, -0.1) is 0 Å². The van der Waals surface area contributed by atoms with Crippen molar-refractivity contribution in [1.82, 2.24) is 0 Å². The molecule has 0 amide bonds. The van der Waals surface area contributed by atoms with Crippen molar-refractivity contribution in [2.45, 2.75) is 0 Å². The third kappa shape index (κ3) is 2.90. The van der Waals surface area contributed by atoms with Gasteiger partial charge in [0.25, 0.3) is 5.69 Å². The van der Waals surface area contributed by atoms with Crippen LogP contribution in [0.2, 0.25) is 0 Å². The van der Waals surface area contributed by atoms with Gasteiger partial charge < -0.3 is 0 Å². The van der Waals surface area contributed by atoms with Crippen LogP contribution in [-0.4, -0.2) is 10.3 Å². The molecule has 1 rings (SSSR count). The second kappa shape index (κ2) is 5.78. The van der Waals surface area contributed by atoms with Crippen LogP contribution in [0.1, 0.15) is 5.56 Å². The summed E-state index contributed by atoms with van der Waals surface area (Å²) in [5, 5.41) is 28.4. The minimum atomic E-state index is -0.503. The van der Waals surface area contributed by atoms with Crippen LogP contribution in [-0.2, 0) is 0 Å². The fourth-order valence-electron chi connectivity index (χ4n) is 1.23. The lowest BCUT2D eigenvalue weighted by Gasteiger charge is -2.03. The zero-order valence-corrected chi connectivity index (χ0v) is 10.1. The Morgan fingerprint density at radius 3 is 2.18 bits per heavy atom. The summed E-state index contributed by atoms with van der Waals surface area (Å²) in [6.45, 7) is 0. The van der Waals surface area contributed by atoms with E-state index in [-0.39, 0.29) is 11.3 Å². The quantitative estimate of drug-likeness (QED) is 0.370. The number of non-ortho nitro benzene ring substituents is 1. The minimum absolute atomic E-state index is 0.00396. The molecule has 6 heteroatoms. The summed E-state index contributed by atoms with van der Waals surface area (Å²) in [6.07, 6.45) is 0. The van der Waals surface area contributed by atoms with Gasteiger partial charge in [0.15, 0.2) is 0 Å². The van der Waals surface area contributed by atoms with E-state index in [1.165, 1.54) is 24.3 Å². The smallest absolute Gasteiger partial charge is 0.258 e. The van der Waals surface area contributed by atoms with Crippen molar-refractivity contribution in [3.8, 4) is 12.1 Å². The molecule has 0 atom stereocenters. The molecule has 0 N–H and O–H groups in total. The number of hydrogen-bond donors (Lipinski definition) is 0. The third-order valence-corrected chi connectivity index (χ3v) is 2.65. The van der Waals surface area contributed by atoms with E-state index in [1.807, 2.05) is 0 Å². The SMILES string of the molecule is N#CC(C#N)=C(CBr)c1ccc([N+](=O)[O-])cc1. The number of nitro benzene ring substituents is 1. The lowest BCUT2D eigenvalue weighted by molar-refractivity contribution is -0.384. The van der Waals surface area contributed by atoms with Crippen molar-refractivity contribution in [3.05, 3.63) is 45.5 Å². The van der Waals surface area contributed by atoms with E-state index in [0.717, 1.165) is 0 Å². The summed E-state index contributed by atoms with van der Waals surface area (Å²) in [5.74, 6) is 0. The van der Waals surface area contributed by atoms with E-state index in [1.54, 1.807) is 12.1 Å². The number of benzene rings is 1. The highest BCUT2D eigenvalue weighted by molar-refractivity contribution is 9.09. The Balaban J connectivity index is 3.26. The van der Waals surface area contributed by atoms with Gasteiger partial charge in [-0.25, -0.2) is 0 Å². The number of halogens is 1. The zero-order chi connectivity index (χ0) is 12.8. The minimum Gasteiger partial charge on any atom is -0.258 e. The number of allylic oxidation sites excluding steroid dienone is 2. The average Bonchev–Trinajstić information content (AvgIpc) is 2.36. The molecular formula is C11H6BrN3O2. The van der Waals surface area contributed by atoms with Crippen LogP contribution in [0.3, 0.4) is 0 Å². The van der Waals surface area contributed by atoms with Gasteiger partial charge in [-0.3, -0.25) is 10.1 Å². The van der Waals surface area contributed by atoms with Crippen molar-refractivity contribution >= 4 is 27.2 Å². The van der Waals surface area contributed by atoms with E-state index < -0.39 is 4.92 Å². The Morgan fingerprint density at radius 2 is 1.82 bits per heavy atom. The van der Waals surface area contributed by atoms with Crippen LogP contribution in [0.5, 0.6) is 0 Å². The molecule has 5 nitrogen and oxygen atoms in total. The van der Waals surface area contributed by atoms with E-state index in [9.17, 15) is 10.1 Å². The molecule has 0 aliphatic heterocycles. The number of rotatable bonds is 3. The van der Waals surface area contributed by atoms with Gasteiger partial charge in [-0.2, -0.15) is 10.5 Å². The molecule has 1 aromatic carbocycles. The highest BCUT2D eigenvalue weighted by atomic mass is 79.9. The van der Waals surface area contributed by atoms with Gasteiger partial charge in [0.05, 0.1) is 4.92 Å². The van der Waals surface area contributed by atoms with Gasteiger partial charge in [0.2, 0.25) is 0 Å². The lowest BCUT2D eigenvalue weighted by atomic mass is 10.0. The molecular weight excluding hydrogens is 286 g/mol. The van der Waals surface area contributed by atoms with Gasteiger partial charge in [0.1, 0.15) is 17.7 Å². The normalized spacial score (nSPS) is 8.88. The Morgan fingerprint density at radius 1 is 1.29 bits per heavy atom. The maximum Gasteiger partial charge on any atom is 0.269 e. The Hall–Kier alpha value is -2.18. The number of alkyl halides is 1. The molecule has 17 heavy (non-hydrogen) atoms. The average molecular weight is 292 g/mol. The van der Waals surface area contributed by atoms with E-state index in [4.69, 9.17) is 10.5 Å². The summed E-state index contributed by atoms with van der Waals surface area (Å²) in [5.41, 5.74) is 1.10. The first-order chi connectivity index (χ1) is 8.13. The van der Waals surface area contributed by atoms with Gasteiger partial charge in [-0.05, 0) is 23.3 Å². The topological polar surface area (TPSA) is 90.7 Å². The van der Waals surface area contributed by atoms with E-state index >= 15 is 0 Å². The molecule has 0 saturated heterocycles. The predicted octanol–water partition coefficient (Wildman–Crippen LogP) is 2.79. The van der Waals surface area contributed by atoms with Gasteiger partial charge in [-0.1, -0.05) is 15.9 Å². The second-order valence-corrected chi connectivity index (χ2v) is 3.58. The molecule has 84 valence electrons. The standard InChI is InChI=1S/C11H6BrN3O2/c12-5-11(9(6-13)7-14)8-1-3-10(4-2-8)15(16)17/h1-4H,5H2. The largest absolute Gasteiger partial charge is 0.269 e. The monoisotopic (exact) mass is 291 g/mol. The fraction of sp³-hybridized carbons (Fsp3) is 0.0909. The molecule has 1 aromatic rings. The fourth-order valence-corrected chi connectivity index (χ4v) is 1.84. The number of nitro groups is 1. The zero-order valence-electron chi connectivity index (χ0n) is 8.55. The molecule has 0 fully saturated rings. The van der Waals surface area contributed by atoms with Crippen molar-refractivity contribution < 1.29 is 4.92 Å². The summed E-state index contributed by atoms with van der Waals surface area (Å²) >= 11 is 3.19. The van der Waals surface area contributed by atoms with Crippen LogP contribution >= 0.6 is 15.9 Å². The molecule has 0 bridgehead atoms. The van der Waals surface area contributed by atoms with E-state index in [0.29, 0.717) is 16.5 Å². The number of hydrogen-bond acceptors (Lipinski definition) is 4. The van der Waals surface area contributed by atoms with Crippen LogP contribution in [0, 0.1) is 32.8 Å². The molecule has 0 aromatic heterocycles. The maximum absolute atomic E-state index is 10.5. The maximum atomic E-state index is 10.5. The Kier molecular flexibility index (Phi) is 4.38. The van der Waals surface area contributed by atoms with Gasteiger partial charge >= 0.3 is 0 Å². The molecule has 0 unspecified atom stereocenters. The van der Waals surface area contributed by atoms with Crippen molar-refractivity contribution in [2.24, 2.45) is 0 Å². The summed E-state index contributed by atoms with van der Waals surface area (Å²) in [6, 6.07) is 9.30. The molecule has 0 aliphatic rings. The predicted molar refractivity (Wildman–Crippen MR) is 65.0 cm³/mol. The number of nitrogens with zero attached hydrogens (tertiary/aromatic N) is 3. The third-order valence-electron chi connectivity index (χ3n) is 2.09. The first-order valence-corrected chi connectivity index (χ1v) is 5.60. The van der Waals surface area contributed by atoms with Crippen LogP contribution < -0.4 is 0 Å². The molecule has 0 aliphatic carbocycles. The Bertz CT molecular complexity index is 534. The molecule has 0 radical (unpaired) electrons. The van der Waals surface area contributed by atoms with Crippen molar-refractivity contribution in [2.75, 3.05) is 5.33 Å². The Labute approximate surface area is 106 Å². The van der Waals surface area contributed by atoms with Crippen molar-refractivity contribution in [3.63, 3.8) is 0 Å². The molecule has 0 saturated carbocycles. The summed E-state index contributed by atoms with van der Waals surface area (Å²) in [7, 11) is 0. The van der Waals surface area contributed by atoms with Crippen molar-refractivity contribution in [1.29, 1.82) is 10.5 Å². The first-order valence-electron chi connectivity index (χ1n) is 4.48. The van der Waals surface area contributed by atoms with Crippen LogP contribution in [0.15, 0.2) is 29.8 Å². The second-order valence-electron chi connectivity index (χ2n) is 3.01. The summed E-state index contributed by atoms with van der Waals surface area (Å²) in [4.78, 5) is 9.97. The molecule has 0 spiro atoms. The summed E-state index contributed by atoms with van der Waals surface area (Å²) < 4.78 is 0. The molecule has 0 heterocycles. The van der Waals surface area contributed by atoms with E-state index in [2.05, 4.69) is 15.9 Å². The van der Waals surface area contributed by atoms with Gasteiger partial charge in [0, 0.05) is 17.5 Å². The highest BCUT2D eigenvalue weighted by Gasteiger charge is 2.10. The van der Waals surface area contributed by atoms with Crippen LogP contribution in [0.25, 0.3) is 5.57 Å². The van der Waals surface area contributed by atoms with Crippen LogP contribution in [0.4, 0.5) is 5.69 Å². The lowest BCUT2D eigenvalue weighted by Crippen LogP contribution is -1.92. The first kappa shape index (κ1) is 12.9.